The Morgan fingerprint density at radius 1 is 1.29 bits per heavy atom. The van der Waals surface area contributed by atoms with Crippen molar-refractivity contribution in [2.75, 3.05) is 20.1 Å². The van der Waals surface area contributed by atoms with Crippen LogP contribution in [0.15, 0.2) is 35.5 Å². The van der Waals surface area contributed by atoms with Crippen LogP contribution >= 0.6 is 0 Å². The molecule has 5 nitrogen and oxygen atoms in total. The van der Waals surface area contributed by atoms with E-state index in [2.05, 4.69) is 5.32 Å². The van der Waals surface area contributed by atoms with Gasteiger partial charge in [0.25, 0.3) is 5.91 Å². The van der Waals surface area contributed by atoms with Crippen molar-refractivity contribution in [1.29, 1.82) is 0 Å². The number of likely N-dealkylation sites (N-methyl/N-ethyl adjacent to an activating group) is 2. The van der Waals surface area contributed by atoms with E-state index in [0.29, 0.717) is 24.2 Å². The van der Waals surface area contributed by atoms with Crippen molar-refractivity contribution in [2.24, 2.45) is 0 Å². The van der Waals surface area contributed by atoms with Gasteiger partial charge in [-0.25, -0.2) is 9.18 Å². The van der Waals surface area contributed by atoms with E-state index in [1.54, 1.807) is 24.1 Å². The molecule has 1 aromatic rings. The van der Waals surface area contributed by atoms with E-state index in [-0.39, 0.29) is 17.8 Å². The largest absolute Gasteiger partial charge is 0.333 e. The Balaban J connectivity index is 2.06. The minimum Gasteiger partial charge on any atom is -0.333 e. The van der Waals surface area contributed by atoms with Crippen LogP contribution in [-0.4, -0.2) is 41.9 Å². The Hall–Kier alpha value is -2.37. The molecule has 3 amide bonds. The summed E-state index contributed by atoms with van der Waals surface area (Å²) >= 11 is 0. The predicted octanol–water partition coefficient (Wildman–Crippen LogP) is 1.64. The summed E-state index contributed by atoms with van der Waals surface area (Å²) in [6.45, 7) is 2.93. The molecule has 0 unspecified atom stereocenters. The Morgan fingerprint density at radius 2 is 1.95 bits per heavy atom. The van der Waals surface area contributed by atoms with Gasteiger partial charge in [0.05, 0.1) is 23.9 Å². The van der Waals surface area contributed by atoms with E-state index in [1.807, 2.05) is 6.92 Å². The molecule has 0 saturated heterocycles. The highest BCUT2D eigenvalue weighted by Crippen LogP contribution is 2.35. The third kappa shape index (κ3) is 2.07. The van der Waals surface area contributed by atoms with Crippen LogP contribution in [0.25, 0.3) is 0 Å². The van der Waals surface area contributed by atoms with Gasteiger partial charge in [0, 0.05) is 13.6 Å². The first-order chi connectivity index (χ1) is 10.0. The molecule has 21 heavy (non-hydrogen) atoms. The first-order valence-electron chi connectivity index (χ1n) is 6.85. The molecule has 110 valence electrons. The Kier molecular flexibility index (Phi) is 3.16. The Labute approximate surface area is 122 Å². The molecule has 0 spiro atoms. The molecule has 2 aliphatic rings. The lowest BCUT2D eigenvalue weighted by molar-refractivity contribution is -0.125. The maximum absolute atomic E-state index is 13.1. The van der Waals surface area contributed by atoms with Crippen LogP contribution in [0.3, 0.4) is 0 Å². The average Bonchev–Trinajstić information content (AvgIpc) is 2.81. The van der Waals surface area contributed by atoms with Crippen LogP contribution in [0, 0.1) is 5.82 Å². The van der Waals surface area contributed by atoms with Gasteiger partial charge in [0.2, 0.25) is 0 Å². The number of halogens is 1. The number of hydrogen-bond donors (Lipinski definition) is 1. The fourth-order valence-electron chi connectivity index (χ4n) is 2.78. The molecule has 3 rings (SSSR count). The average molecular weight is 289 g/mol. The number of hydrogen-bond acceptors (Lipinski definition) is 2. The van der Waals surface area contributed by atoms with Gasteiger partial charge in [-0.2, -0.15) is 0 Å². The third-order valence-corrected chi connectivity index (χ3v) is 4.02. The minimum absolute atomic E-state index is 0.0753. The summed E-state index contributed by atoms with van der Waals surface area (Å²) < 4.78 is 13.1. The number of carbonyl (C=O) groups is 2. The molecule has 0 aromatic heterocycles. The number of carbonyl (C=O) groups excluding carboxylic acids is 2. The van der Waals surface area contributed by atoms with Crippen LogP contribution in [-0.2, 0) is 4.79 Å². The SMILES string of the molecule is CCN1CC2=C(C1=O)[C@@H](c1ccc(F)cc1)NC(=O)N2C. The monoisotopic (exact) mass is 289 g/mol. The number of nitrogens with one attached hydrogen (secondary N) is 1. The van der Waals surface area contributed by atoms with Crippen molar-refractivity contribution >= 4 is 11.9 Å². The zero-order valence-electron chi connectivity index (χ0n) is 11.9. The van der Waals surface area contributed by atoms with Gasteiger partial charge in [0.15, 0.2) is 0 Å². The highest BCUT2D eigenvalue weighted by atomic mass is 19.1. The van der Waals surface area contributed by atoms with E-state index in [9.17, 15) is 14.0 Å². The molecule has 1 N–H and O–H groups in total. The van der Waals surface area contributed by atoms with Crippen molar-refractivity contribution < 1.29 is 14.0 Å². The smallest absolute Gasteiger partial charge is 0.322 e. The van der Waals surface area contributed by atoms with Crippen LogP contribution in [0.4, 0.5) is 9.18 Å². The summed E-state index contributed by atoms with van der Waals surface area (Å²) in [5, 5.41) is 2.81. The second-order valence-electron chi connectivity index (χ2n) is 5.17. The maximum atomic E-state index is 13.1. The van der Waals surface area contributed by atoms with E-state index in [4.69, 9.17) is 0 Å². The number of rotatable bonds is 2. The standard InChI is InChI=1S/C15H16FN3O2/c1-3-19-8-11-12(14(19)20)13(17-15(21)18(11)2)9-4-6-10(16)7-5-9/h4-7,13H,3,8H2,1-2H3,(H,17,21)/t13-/m1/s1. The molecule has 0 saturated carbocycles. The van der Waals surface area contributed by atoms with Crippen molar-refractivity contribution in [3.63, 3.8) is 0 Å². The van der Waals surface area contributed by atoms with Crippen LogP contribution in [0.2, 0.25) is 0 Å². The molecule has 6 heteroatoms. The highest BCUT2D eigenvalue weighted by Gasteiger charge is 2.42. The first-order valence-corrected chi connectivity index (χ1v) is 6.85. The topological polar surface area (TPSA) is 52.7 Å². The quantitative estimate of drug-likeness (QED) is 0.900. The lowest BCUT2D eigenvalue weighted by atomic mass is 9.96. The zero-order valence-corrected chi connectivity index (χ0v) is 11.9. The molecule has 1 aromatic carbocycles. The van der Waals surface area contributed by atoms with Gasteiger partial charge in [-0.05, 0) is 24.6 Å². The fourth-order valence-corrected chi connectivity index (χ4v) is 2.78. The molecule has 0 aliphatic carbocycles. The van der Waals surface area contributed by atoms with Gasteiger partial charge < -0.3 is 10.2 Å². The summed E-state index contributed by atoms with van der Waals surface area (Å²) in [6, 6.07) is 5.08. The molecule has 2 heterocycles. The van der Waals surface area contributed by atoms with E-state index in [0.717, 1.165) is 5.70 Å². The van der Waals surface area contributed by atoms with Crippen molar-refractivity contribution in [2.45, 2.75) is 13.0 Å². The van der Waals surface area contributed by atoms with Crippen molar-refractivity contribution in [3.05, 3.63) is 46.9 Å². The second-order valence-corrected chi connectivity index (χ2v) is 5.17. The number of nitrogens with zero attached hydrogens (tertiary/aromatic N) is 2. The Bertz CT molecular complexity index is 639. The summed E-state index contributed by atoms with van der Waals surface area (Å²) in [5.74, 6) is -0.422. The molecular weight excluding hydrogens is 273 g/mol. The molecule has 1 atom stereocenters. The molecule has 0 bridgehead atoms. The van der Waals surface area contributed by atoms with E-state index >= 15 is 0 Å². The molecule has 0 radical (unpaired) electrons. The summed E-state index contributed by atoms with van der Waals surface area (Å²) in [6.07, 6.45) is 0. The first kappa shape index (κ1) is 13.6. The lowest BCUT2D eigenvalue weighted by Gasteiger charge is -2.31. The van der Waals surface area contributed by atoms with Gasteiger partial charge >= 0.3 is 6.03 Å². The minimum atomic E-state index is -0.520. The predicted molar refractivity (Wildman–Crippen MR) is 74.7 cm³/mol. The van der Waals surface area contributed by atoms with Gasteiger partial charge in [0.1, 0.15) is 5.82 Å². The molecule has 2 aliphatic heterocycles. The lowest BCUT2D eigenvalue weighted by Crippen LogP contribution is -2.45. The maximum Gasteiger partial charge on any atom is 0.322 e. The number of urea groups is 1. The fraction of sp³-hybridized carbons (Fsp3) is 0.333. The molecular formula is C15H16FN3O2. The van der Waals surface area contributed by atoms with Crippen molar-refractivity contribution in [3.8, 4) is 0 Å². The van der Waals surface area contributed by atoms with E-state index in [1.165, 1.54) is 17.0 Å². The zero-order chi connectivity index (χ0) is 15.1. The number of benzene rings is 1. The Morgan fingerprint density at radius 3 is 2.57 bits per heavy atom. The highest BCUT2D eigenvalue weighted by molar-refractivity contribution is 6.01. The van der Waals surface area contributed by atoms with Crippen LogP contribution in [0.5, 0.6) is 0 Å². The molecule has 0 fully saturated rings. The number of amides is 3. The second kappa shape index (κ2) is 4.87. The summed E-state index contributed by atoms with van der Waals surface area (Å²) in [5.41, 5.74) is 2.00. The van der Waals surface area contributed by atoms with Crippen molar-refractivity contribution in [1.82, 2.24) is 15.1 Å². The van der Waals surface area contributed by atoms with E-state index < -0.39 is 6.04 Å². The van der Waals surface area contributed by atoms with Crippen LogP contribution < -0.4 is 5.32 Å². The normalized spacial score (nSPS) is 21.8. The summed E-state index contributed by atoms with van der Waals surface area (Å²) in [7, 11) is 1.65. The van der Waals surface area contributed by atoms with Gasteiger partial charge in [-0.15, -0.1) is 0 Å². The van der Waals surface area contributed by atoms with Gasteiger partial charge in [-0.1, -0.05) is 12.1 Å². The summed E-state index contributed by atoms with van der Waals surface area (Å²) in [4.78, 5) is 27.7. The van der Waals surface area contributed by atoms with Crippen LogP contribution in [0.1, 0.15) is 18.5 Å². The van der Waals surface area contributed by atoms with Gasteiger partial charge in [-0.3, -0.25) is 9.69 Å². The third-order valence-electron chi connectivity index (χ3n) is 4.02.